The summed E-state index contributed by atoms with van der Waals surface area (Å²) in [5.41, 5.74) is 5.60. The zero-order valence-corrected chi connectivity index (χ0v) is 10.2. The van der Waals surface area contributed by atoms with E-state index in [-0.39, 0.29) is 17.8 Å². The second-order valence-corrected chi connectivity index (χ2v) is 3.58. The van der Waals surface area contributed by atoms with Crippen molar-refractivity contribution in [3.63, 3.8) is 0 Å². The molecule has 1 heterocycles. The van der Waals surface area contributed by atoms with E-state index in [2.05, 4.69) is 9.72 Å². The van der Waals surface area contributed by atoms with Gasteiger partial charge >= 0.3 is 5.97 Å². The molecular formula is C12H14N2O4. The van der Waals surface area contributed by atoms with Crippen LogP contribution in [0.2, 0.25) is 0 Å². The number of ketones is 2. The predicted molar refractivity (Wildman–Crippen MR) is 63.8 cm³/mol. The molecule has 0 aliphatic heterocycles. The SMILES string of the molecule is CCC(=O)C(C(=O)OC)C(=O)c1cccnc1N. The molecule has 0 radical (unpaired) electrons. The number of nitrogen functional groups attached to an aromatic ring is 1. The molecule has 0 fully saturated rings. The topological polar surface area (TPSA) is 99.4 Å². The first-order valence-corrected chi connectivity index (χ1v) is 5.38. The Balaban J connectivity index is 3.15. The van der Waals surface area contributed by atoms with E-state index in [1.807, 2.05) is 0 Å². The van der Waals surface area contributed by atoms with Crippen molar-refractivity contribution in [3.8, 4) is 0 Å². The molecule has 1 unspecified atom stereocenters. The number of carbonyl (C=O) groups excluding carboxylic acids is 3. The fourth-order valence-corrected chi connectivity index (χ4v) is 1.49. The van der Waals surface area contributed by atoms with Gasteiger partial charge in [-0.25, -0.2) is 4.98 Å². The minimum atomic E-state index is -1.47. The zero-order valence-electron chi connectivity index (χ0n) is 10.2. The molecule has 0 amide bonds. The Bertz CT molecular complexity index is 469. The number of aromatic nitrogens is 1. The summed E-state index contributed by atoms with van der Waals surface area (Å²) < 4.78 is 4.48. The zero-order chi connectivity index (χ0) is 13.7. The number of esters is 1. The van der Waals surface area contributed by atoms with Gasteiger partial charge in [-0.05, 0) is 12.1 Å². The van der Waals surface area contributed by atoms with E-state index < -0.39 is 23.5 Å². The second-order valence-electron chi connectivity index (χ2n) is 3.58. The van der Waals surface area contributed by atoms with Crippen LogP contribution in [-0.4, -0.2) is 29.6 Å². The molecule has 1 aromatic heterocycles. The summed E-state index contributed by atoms with van der Waals surface area (Å²) in [5.74, 6) is -3.55. The van der Waals surface area contributed by atoms with Gasteiger partial charge in [0, 0.05) is 12.6 Å². The predicted octanol–water partition coefficient (Wildman–Crippen LogP) is 0.615. The lowest BCUT2D eigenvalue weighted by atomic mass is 9.92. The lowest BCUT2D eigenvalue weighted by Gasteiger charge is -2.12. The van der Waals surface area contributed by atoms with Crippen molar-refractivity contribution in [2.24, 2.45) is 5.92 Å². The normalized spacial score (nSPS) is 11.7. The largest absolute Gasteiger partial charge is 0.468 e. The number of pyridine rings is 1. The van der Waals surface area contributed by atoms with Gasteiger partial charge in [-0.3, -0.25) is 14.4 Å². The quantitative estimate of drug-likeness (QED) is 0.467. The second kappa shape index (κ2) is 5.90. The van der Waals surface area contributed by atoms with Crippen molar-refractivity contribution in [2.75, 3.05) is 12.8 Å². The standard InChI is InChI=1S/C12H14N2O4/c1-3-8(15)9(12(17)18-2)10(16)7-5-4-6-14-11(7)13/h4-6,9H,3H2,1-2H3,(H2,13,14). The number of nitrogens with zero attached hydrogens (tertiary/aromatic N) is 1. The first-order chi connectivity index (χ1) is 8.52. The van der Waals surface area contributed by atoms with Crippen molar-refractivity contribution < 1.29 is 19.1 Å². The fraction of sp³-hybridized carbons (Fsp3) is 0.333. The highest BCUT2D eigenvalue weighted by molar-refractivity contribution is 6.23. The van der Waals surface area contributed by atoms with E-state index >= 15 is 0 Å². The summed E-state index contributed by atoms with van der Waals surface area (Å²) in [4.78, 5) is 39.0. The van der Waals surface area contributed by atoms with Crippen LogP contribution in [-0.2, 0) is 14.3 Å². The van der Waals surface area contributed by atoms with Crippen LogP contribution in [0.4, 0.5) is 5.82 Å². The average Bonchev–Trinajstić information content (AvgIpc) is 2.38. The molecule has 1 aromatic rings. The third-order valence-electron chi connectivity index (χ3n) is 2.47. The average molecular weight is 250 g/mol. The molecule has 96 valence electrons. The van der Waals surface area contributed by atoms with Gasteiger partial charge in [-0.1, -0.05) is 6.92 Å². The third kappa shape index (κ3) is 2.71. The van der Waals surface area contributed by atoms with Gasteiger partial charge in [0.15, 0.2) is 17.5 Å². The molecule has 1 rings (SSSR count). The highest BCUT2D eigenvalue weighted by Gasteiger charge is 2.35. The van der Waals surface area contributed by atoms with Gasteiger partial charge < -0.3 is 10.5 Å². The minimum Gasteiger partial charge on any atom is -0.468 e. The van der Waals surface area contributed by atoms with Crippen LogP contribution in [0.3, 0.4) is 0 Å². The van der Waals surface area contributed by atoms with E-state index in [4.69, 9.17) is 5.73 Å². The van der Waals surface area contributed by atoms with Crippen LogP contribution in [0.5, 0.6) is 0 Å². The molecule has 0 spiro atoms. The number of ether oxygens (including phenoxy) is 1. The van der Waals surface area contributed by atoms with Gasteiger partial charge in [0.2, 0.25) is 0 Å². The Morgan fingerprint density at radius 2 is 2.11 bits per heavy atom. The molecule has 0 aliphatic rings. The Morgan fingerprint density at radius 3 is 2.61 bits per heavy atom. The lowest BCUT2D eigenvalue weighted by Crippen LogP contribution is -2.33. The molecular weight excluding hydrogens is 236 g/mol. The minimum absolute atomic E-state index is 0.0136. The monoisotopic (exact) mass is 250 g/mol. The molecule has 0 saturated heterocycles. The van der Waals surface area contributed by atoms with Gasteiger partial charge in [0.25, 0.3) is 0 Å². The van der Waals surface area contributed by atoms with Gasteiger partial charge in [-0.15, -0.1) is 0 Å². The molecule has 0 aliphatic carbocycles. The van der Waals surface area contributed by atoms with E-state index in [9.17, 15) is 14.4 Å². The van der Waals surface area contributed by atoms with Crippen LogP contribution < -0.4 is 5.73 Å². The van der Waals surface area contributed by atoms with Crippen molar-refractivity contribution >= 4 is 23.4 Å². The van der Waals surface area contributed by atoms with Gasteiger partial charge in [-0.2, -0.15) is 0 Å². The van der Waals surface area contributed by atoms with Crippen molar-refractivity contribution in [1.29, 1.82) is 0 Å². The third-order valence-corrected chi connectivity index (χ3v) is 2.47. The Morgan fingerprint density at radius 1 is 1.44 bits per heavy atom. The van der Waals surface area contributed by atoms with Gasteiger partial charge in [0.05, 0.1) is 12.7 Å². The fourth-order valence-electron chi connectivity index (χ4n) is 1.49. The van der Waals surface area contributed by atoms with E-state index in [1.54, 1.807) is 6.92 Å². The van der Waals surface area contributed by atoms with Crippen molar-refractivity contribution in [3.05, 3.63) is 23.9 Å². The van der Waals surface area contributed by atoms with E-state index in [0.717, 1.165) is 7.11 Å². The Hall–Kier alpha value is -2.24. The number of nitrogens with two attached hydrogens (primary N) is 1. The van der Waals surface area contributed by atoms with Crippen LogP contribution in [0.25, 0.3) is 0 Å². The molecule has 0 bridgehead atoms. The Labute approximate surface area is 104 Å². The van der Waals surface area contributed by atoms with E-state index in [1.165, 1.54) is 18.3 Å². The maximum atomic E-state index is 12.1. The van der Waals surface area contributed by atoms with Crippen LogP contribution >= 0.6 is 0 Å². The summed E-state index contributed by atoms with van der Waals surface area (Å²) in [5, 5.41) is 0. The number of hydrogen-bond acceptors (Lipinski definition) is 6. The summed E-state index contributed by atoms with van der Waals surface area (Å²) in [7, 11) is 1.12. The molecule has 1 atom stereocenters. The number of rotatable bonds is 5. The van der Waals surface area contributed by atoms with E-state index in [0.29, 0.717) is 0 Å². The summed E-state index contributed by atoms with van der Waals surface area (Å²) in [6.07, 6.45) is 1.48. The highest BCUT2D eigenvalue weighted by Crippen LogP contribution is 2.17. The highest BCUT2D eigenvalue weighted by atomic mass is 16.5. The summed E-state index contributed by atoms with van der Waals surface area (Å²) >= 11 is 0. The molecule has 6 heteroatoms. The number of hydrogen-bond donors (Lipinski definition) is 1. The number of anilines is 1. The maximum Gasteiger partial charge on any atom is 0.324 e. The van der Waals surface area contributed by atoms with Crippen LogP contribution in [0.15, 0.2) is 18.3 Å². The summed E-state index contributed by atoms with van der Waals surface area (Å²) in [6.45, 7) is 1.57. The van der Waals surface area contributed by atoms with Crippen molar-refractivity contribution in [2.45, 2.75) is 13.3 Å². The first-order valence-electron chi connectivity index (χ1n) is 5.38. The molecule has 0 aromatic carbocycles. The number of Topliss-reactive ketones (excluding diaryl/α,β-unsaturated/α-hetero) is 2. The van der Waals surface area contributed by atoms with Crippen LogP contribution in [0.1, 0.15) is 23.7 Å². The van der Waals surface area contributed by atoms with Crippen LogP contribution in [0, 0.1) is 5.92 Å². The number of methoxy groups -OCH3 is 1. The smallest absolute Gasteiger partial charge is 0.324 e. The molecule has 0 saturated carbocycles. The Kier molecular flexibility index (Phi) is 4.53. The molecule has 6 nitrogen and oxygen atoms in total. The molecule has 18 heavy (non-hydrogen) atoms. The lowest BCUT2D eigenvalue weighted by molar-refractivity contribution is -0.147. The number of carbonyl (C=O) groups is 3. The molecule has 2 N–H and O–H groups in total. The maximum absolute atomic E-state index is 12.1. The first kappa shape index (κ1) is 13.8. The van der Waals surface area contributed by atoms with Gasteiger partial charge in [0.1, 0.15) is 5.82 Å². The summed E-state index contributed by atoms with van der Waals surface area (Å²) in [6, 6.07) is 2.93. The van der Waals surface area contributed by atoms with Crippen molar-refractivity contribution in [1.82, 2.24) is 4.98 Å².